The van der Waals surface area contributed by atoms with Crippen molar-refractivity contribution in [3.05, 3.63) is 93.5 Å². The monoisotopic (exact) mass is 740 g/mol. The van der Waals surface area contributed by atoms with E-state index in [-0.39, 0.29) is 31.8 Å². The van der Waals surface area contributed by atoms with Crippen LogP contribution >= 0.6 is 0 Å². The SMILES string of the molecule is COCCCOc1cc(CO[C@H]2CN(C(=O)OCCCCO[N+](=O)[O-])CCC2c2ccc(OCCCOCc3ccccc3OC)cc2)cc(OC)c1. The molecule has 1 amide bonds. The van der Waals surface area contributed by atoms with Gasteiger partial charge in [-0.25, -0.2) is 4.79 Å². The Morgan fingerprint density at radius 2 is 1.53 bits per heavy atom. The van der Waals surface area contributed by atoms with Crippen LogP contribution in [-0.2, 0) is 37.0 Å². The highest BCUT2D eigenvalue weighted by atomic mass is 16.9. The van der Waals surface area contributed by atoms with Crippen molar-refractivity contribution in [2.75, 3.05) is 74.1 Å². The summed E-state index contributed by atoms with van der Waals surface area (Å²) < 4.78 is 45.8. The third-order valence-corrected chi connectivity index (χ3v) is 8.64. The van der Waals surface area contributed by atoms with Gasteiger partial charge >= 0.3 is 6.09 Å². The molecular weight excluding hydrogens is 688 g/mol. The highest BCUT2D eigenvalue weighted by Gasteiger charge is 2.34. The Hall–Kier alpha value is -4.79. The van der Waals surface area contributed by atoms with E-state index in [4.69, 9.17) is 37.9 Å². The lowest BCUT2D eigenvalue weighted by Crippen LogP contribution is -2.47. The molecule has 0 saturated carbocycles. The van der Waals surface area contributed by atoms with Crippen molar-refractivity contribution in [1.82, 2.24) is 4.90 Å². The zero-order valence-electron chi connectivity index (χ0n) is 30.9. The van der Waals surface area contributed by atoms with Gasteiger partial charge in [0.2, 0.25) is 0 Å². The number of benzene rings is 3. The highest BCUT2D eigenvalue weighted by Crippen LogP contribution is 2.33. The van der Waals surface area contributed by atoms with Gasteiger partial charge in [-0.15, -0.1) is 10.1 Å². The molecule has 0 bridgehead atoms. The van der Waals surface area contributed by atoms with Crippen LogP contribution in [0.3, 0.4) is 0 Å². The molecule has 290 valence electrons. The molecule has 14 nitrogen and oxygen atoms in total. The normalized spacial score (nSPS) is 15.4. The van der Waals surface area contributed by atoms with Crippen LogP contribution in [0.1, 0.15) is 54.7 Å². The smallest absolute Gasteiger partial charge is 0.409 e. The maximum Gasteiger partial charge on any atom is 0.409 e. The summed E-state index contributed by atoms with van der Waals surface area (Å²) in [5, 5.41) is 9.52. The van der Waals surface area contributed by atoms with Gasteiger partial charge in [0.25, 0.3) is 5.09 Å². The summed E-state index contributed by atoms with van der Waals surface area (Å²) in [7, 11) is 4.92. The van der Waals surface area contributed by atoms with Gasteiger partial charge in [-0.1, -0.05) is 30.3 Å². The maximum absolute atomic E-state index is 13.0. The van der Waals surface area contributed by atoms with Gasteiger partial charge in [0, 0.05) is 50.7 Å². The Bertz CT molecular complexity index is 1520. The van der Waals surface area contributed by atoms with Crippen LogP contribution in [0.2, 0.25) is 0 Å². The summed E-state index contributed by atoms with van der Waals surface area (Å²) in [6, 6.07) is 21.5. The number of hydrogen-bond acceptors (Lipinski definition) is 12. The molecule has 0 aliphatic carbocycles. The second-order valence-electron chi connectivity index (χ2n) is 12.4. The van der Waals surface area contributed by atoms with Crippen molar-refractivity contribution >= 4 is 6.09 Å². The summed E-state index contributed by atoms with van der Waals surface area (Å²) in [5.74, 6) is 2.90. The lowest BCUT2D eigenvalue weighted by molar-refractivity contribution is -0.757. The Kier molecular flexibility index (Phi) is 17.8. The first-order valence-electron chi connectivity index (χ1n) is 17.9. The van der Waals surface area contributed by atoms with Crippen LogP contribution in [-0.4, -0.2) is 96.2 Å². The Morgan fingerprint density at radius 1 is 0.792 bits per heavy atom. The second-order valence-corrected chi connectivity index (χ2v) is 12.4. The van der Waals surface area contributed by atoms with Crippen LogP contribution in [0.15, 0.2) is 66.7 Å². The molecule has 0 radical (unpaired) electrons. The number of carbonyl (C=O) groups is 1. The molecule has 14 heteroatoms. The van der Waals surface area contributed by atoms with Gasteiger partial charge < -0.3 is 47.6 Å². The summed E-state index contributed by atoms with van der Waals surface area (Å²) in [5.41, 5.74) is 2.96. The van der Waals surface area contributed by atoms with Gasteiger partial charge in [-0.05, 0) is 60.7 Å². The average Bonchev–Trinajstić information content (AvgIpc) is 3.18. The second kappa shape index (κ2) is 23.0. The summed E-state index contributed by atoms with van der Waals surface area (Å²) in [6.07, 6.45) is 2.21. The summed E-state index contributed by atoms with van der Waals surface area (Å²) in [4.78, 5) is 29.4. The number of likely N-dealkylation sites (tertiary alicyclic amines) is 1. The third-order valence-electron chi connectivity index (χ3n) is 8.64. The predicted octanol–water partition coefficient (Wildman–Crippen LogP) is 6.60. The first-order chi connectivity index (χ1) is 25.9. The van der Waals surface area contributed by atoms with Gasteiger partial charge in [-0.2, -0.15) is 0 Å². The number of nitrogens with zero attached hydrogens (tertiary/aromatic N) is 2. The van der Waals surface area contributed by atoms with Crippen molar-refractivity contribution in [2.45, 2.75) is 57.3 Å². The number of piperidine rings is 1. The van der Waals surface area contributed by atoms with Crippen LogP contribution < -0.4 is 18.9 Å². The average molecular weight is 741 g/mol. The largest absolute Gasteiger partial charge is 0.497 e. The number of ether oxygens (including phenoxy) is 8. The van der Waals surface area contributed by atoms with Gasteiger partial charge in [-0.3, -0.25) is 0 Å². The molecule has 1 saturated heterocycles. The number of carbonyl (C=O) groups excluding carboxylic acids is 1. The van der Waals surface area contributed by atoms with E-state index in [2.05, 4.69) is 4.84 Å². The third kappa shape index (κ3) is 14.3. The van der Waals surface area contributed by atoms with Crippen LogP contribution in [0.5, 0.6) is 23.0 Å². The molecule has 1 aliphatic heterocycles. The Balaban J connectivity index is 1.34. The van der Waals surface area contributed by atoms with Crippen molar-refractivity contribution in [2.24, 2.45) is 0 Å². The zero-order valence-corrected chi connectivity index (χ0v) is 30.9. The molecule has 53 heavy (non-hydrogen) atoms. The van der Waals surface area contributed by atoms with Crippen LogP contribution in [0.4, 0.5) is 4.79 Å². The molecule has 0 N–H and O–H groups in total. The first kappa shape index (κ1) is 41.0. The highest BCUT2D eigenvalue weighted by molar-refractivity contribution is 5.67. The Morgan fingerprint density at radius 3 is 2.28 bits per heavy atom. The molecule has 1 unspecified atom stereocenters. The number of amides is 1. The molecule has 3 aromatic rings. The molecule has 0 aromatic heterocycles. The minimum absolute atomic E-state index is 0.00567. The van der Waals surface area contributed by atoms with E-state index in [0.29, 0.717) is 76.9 Å². The minimum atomic E-state index is -0.831. The molecule has 1 aliphatic rings. The van der Waals surface area contributed by atoms with Gasteiger partial charge in [0.05, 0.1) is 73.1 Å². The van der Waals surface area contributed by atoms with Crippen molar-refractivity contribution in [3.8, 4) is 23.0 Å². The molecule has 1 heterocycles. The quantitative estimate of drug-likeness (QED) is 0.0554. The standard InChI is InChI=1S/C39H52N2O12/c1-45-18-8-21-50-35-25-30(24-34(26-35)46-2)28-52-38-27-40(39(42)51-20-6-7-23-53-41(43)44)17-16-36(38)31-12-14-33(15-13-31)49-22-9-19-48-29-32-10-4-5-11-37(32)47-3/h4-5,10-15,24-26,36,38H,6-9,16-23,27-29H2,1-3H3/t36?,38-/m0/s1. The lowest BCUT2D eigenvalue weighted by atomic mass is 9.87. The first-order valence-corrected chi connectivity index (χ1v) is 17.9. The van der Waals surface area contributed by atoms with E-state index in [1.54, 1.807) is 26.2 Å². The molecule has 4 rings (SSSR count). The van der Waals surface area contributed by atoms with Crippen molar-refractivity contribution in [3.63, 3.8) is 0 Å². The fraction of sp³-hybridized carbons (Fsp3) is 0.513. The summed E-state index contributed by atoms with van der Waals surface area (Å²) in [6.45, 7) is 3.82. The molecule has 3 aromatic carbocycles. The van der Waals surface area contributed by atoms with E-state index < -0.39 is 11.2 Å². The fourth-order valence-corrected chi connectivity index (χ4v) is 5.90. The number of rotatable bonds is 24. The Labute approximate surface area is 311 Å². The van der Waals surface area contributed by atoms with Crippen molar-refractivity contribution < 1.29 is 52.6 Å². The number of hydrogen-bond donors (Lipinski definition) is 0. The lowest BCUT2D eigenvalue weighted by Gasteiger charge is -2.38. The van der Waals surface area contributed by atoms with E-state index in [1.165, 1.54) is 0 Å². The number of unbranched alkanes of at least 4 members (excludes halogenated alkanes) is 1. The number of para-hydroxylation sites is 1. The maximum atomic E-state index is 13.0. The predicted molar refractivity (Wildman–Crippen MR) is 195 cm³/mol. The van der Waals surface area contributed by atoms with E-state index in [1.807, 2.05) is 66.7 Å². The van der Waals surface area contributed by atoms with Crippen LogP contribution in [0.25, 0.3) is 0 Å². The molecular formula is C39H52N2O12. The molecule has 1 fully saturated rings. The van der Waals surface area contributed by atoms with E-state index >= 15 is 0 Å². The number of methoxy groups -OCH3 is 3. The molecule has 0 spiro atoms. The van der Waals surface area contributed by atoms with E-state index in [9.17, 15) is 14.9 Å². The van der Waals surface area contributed by atoms with Gasteiger partial charge in [0.1, 0.15) is 23.0 Å². The fourth-order valence-electron chi connectivity index (χ4n) is 5.90. The van der Waals surface area contributed by atoms with Crippen molar-refractivity contribution in [1.29, 1.82) is 0 Å². The zero-order chi connectivity index (χ0) is 37.7. The molecule has 2 atom stereocenters. The topological polar surface area (TPSA) is 147 Å². The minimum Gasteiger partial charge on any atom is -0.497 e. The van der Waals surface area contributed by atoms with Crippen LogP contribution in [0, 0.1) is 10.1 Å². The van der Waals surface area contributed by atoms with E-state index in [0.717, 1.165) is 41.0 Å². The van der Waals surface area contributed by atoms with Gasteiger partial charge in [0.15, 0.2) is 0 Å². The summed E-state index contributed by atoms with van der Waals surface area (Å²) >= 11 is 0.